The molecule has 1 rings (SSSR count). The number of hydrogen-bond donors (Lipinski definition) is 2. The van der Waals surface area contributed by atoms with Crippen LogP contribution in [0.15, 0.2) is 23.2 Å². The van der Waals surface area contributed by atoms with Crippen molar-refractivity contribution in [3.8, 4) is 0 Å². The Morgan fingerprint density at radius 2 is 2.00 bits per heavy atom. The quantitative estimate of drug-likeness (QED) is 0.305. The molecule has 0 radical (unpaired) electrons. The molecule has 7 heteroatoms. The van der Waals surface area contributed by atoms with Gasteiger partial charge in [-0.05, 0) is 24.6 Å². The van der Waals surface area contributed by atoms with Crippen LogP contribution < -0.4 is 10.6 Å². The van der Waals surface area contributed by atoms with Crippen molar-refractivity contribution in [2.24, 2.45) is 4.99 Å². The van der Waals surface area contributed by atoms with Gasteiger partial charge in [-0.3, -0.25) is 4.99 Å². The van der Waals surface area contributed by atoms with Crippen molar-refractivity contribution in [3.05, 3.63) is 35.4 Å². The second-order valence-electron chi connectivity index (χ2n) is 4.71. The zero-order chi connectivity index (χ0) is 15.7. The highest BCUT2D eigenvalue weighted by molar-refractivity contribution is 14.0. The Hall–Kier alpha value is -0.960. The molecule has 126 valence electrons. The molecule has 0 saturated heterocycles. The summed E-state index contributed by atoms with van der Waals surface area (Å²) in [6.45, 7) is 6.37. The van der Waals surface area contributed by atoms with Crippen molar-refractivity contribution in [2.75, 3.05) is 33.4 Å². The normalized spacial score (nSPS) is 12.5. The Bertz CT molecular complexity index is 472. The lowest BCUT2D eigenvalue weighted by Crippen LogP contribution is -2.39. The molecule has 2 N–H and O–H groups in total. The number of methoxy groups -OCH3 is 1. The highest BCUT2D eigenvalue weighted by Gasteiger charge is 2.09. The highest BCUT2D eigenvalue weighted by Crippen LogP contribution is 2.18. The minimum Gasteiger partial charge on any atom is -0.383 e. The van der Waals surface area contributed by atoms with Crippen LogP contribution in [0.25, 0.3) is 0 Å². The van der Waals surface area contributed by atoms with Crippen LogP contribution in [-0.4, -0.2) is 39.3 Å². The molecular weight excluding hydrogens is 403 g/mol. The summed E-state index contributed by atoms with van der Waals surface area (Å²) in [4.78, 5) is 4.44. The molecule has 1 aromatic rings. The molecule has 22 heavy (non-hydrogen) atoms. The zero-order valence-electron chi connectivity index (χ0n) is 13.2. The molecule has 0 aliphatic rings. The molecule has 0 saturated carbocycles. The fraction of sp³-hybridized carbons (Fsp3) is 0.533. The van der Waals surface area contributed by atoms with Gasteiger partial charge in [0.15, 0.2) is 17.6 Å². The smallest absolute Gasteiger partial charge is 0.191 e. The van der Waals surface area contributed by atoms with Crippen LogP contribution in [0.1, 0.15) is 25.3 Å². The number of ether oxygens (including phenoxy) is 1. The van der Waals surface area contributed by atoms with Gasteiger partial charge < -0.3 is 15.4 Å². The first-order chi connectivity index (χ1) is 10.1. The lowest BCUT2D eigenvalue weighted by molar-refractivity contribution is 0.203. The first-order valence-corrected chi connectivity index (χ1v) is 7.04. The second kappa shape index (κ2) is 11.6. The third-order valence-corrected chi connectivity index (χ3v) is 2.98. The maximum atomic E-state index is 13.2. The van der Waals surface area contributed by atoms with Crippen LogP contribution in [0.5, 0.6) is 0 Å². The first kappa shape index (κ1) is 21.0. The van der Waals surface area contributed by atoms with Gasteiger partial charge in [-0.25, -0.2) is 8.78 Å². The summed E-state index contributed by atoms with van der Waals surface area (Å²) in [5.74, 6) is -0.973. The predicted molar refractivity (Wildman–Crippen MR) is 96.0 cm³/mol. The molecule has 0 spiro atoms. The first-order valence-electron chi connectivity index (χ1n) is 7.04. The number of aliphatic imine (C=N–C) groups is 1. The Morgan fingerprint density at radius 1 is 1.27 bits per heavy atom. The molecule has 1 unspecified atom stereocenters. The number of nitrogens with zero attached hydrogens (tertiary/aromatic N) is 1. The van der Waals surface area contributed by atoms with Crippen LogP contribution in [0.3, 0.4) is 0 Å². The van der Waals surface area contributed by atoms with Crippen LogP contribution in [0.2, 0.25) is 0 Å². The lowest BCUT2D eigenvalue weighted by Gasteiger charge is -2.13. The van der Waals surface area contributed by atoms with Crippen molar-refractivity contribution >= 4 is 29.9 Å². The monoisotopic (exact) mass is 427 g/mol. The number of nitrogens with one attached hydrogen (secondary N) is 2. The molecule has 0 aliphatic heterocycles. The maximum absolute atomic E-state index is 13.2. The Labute approximate surface area is 147 Å². The van der Waals surface area contributed by atoms with E-state index in [9.17, 15) is 8.78 Å². The van der Waals surface area contributed by atoms with E-state index in [0.717, 1.165) is 18.2 Å². The Morgan fingerprint density at radius 3 is 2.59 bits per heavy atom. The molecule has 1 aromatic carbocycles. The molecule has 1 atom stereocenters. The Kier molecular flexibility index (Phi) is 11.1. The van der Waals surface area contributed by atoms with E-state index in [1.54, 1.807) is 13.2 Å². The molecule has 0 heterocycles. The number of guanidine groups is 1. The summed E-state index contributed by atoms with van der Waals surface area (Å²) in [5.41, 5.74) is 0.727. The van der Waals surface area contributed by atoms with Gasteiger partial charge in [-0.15, -0.1) is 24.0 Å². The van der Waals surface area contributed by atoms with Gasteiger partial charge in [0.25, 0.3) is 0 Å². The lowest BCUT2D eigenvalue weighted by atomic mass is 10.0. The van der Waals surface area contributed by atoms with Gasteiger partial charge in [0.2, 0.25) is 0 Å². The van der Waals surface area contributed by atoms with Gasteiger partial charge >= 0.3 is 0 Å². The van der Waals surface area contributed by atoms with Crippen molar-refractivity contribution in [1.82, 2.24) is 10.6 Å². The van der Waals surface area contributed by atoms with Crippen molar-refractivity contribution < 1.29 is 13.5 Å². The topological polar surface area (TPSA) is 45.7 Å². The van der Waals surface area contributed by atoms with Crippen LogP contribution in [0.4, 0.5) is 8.78 Å². The van der Waals surface area contributed by atoms with E-state index >= 15 is 0 Å². The van der Waals surface area contributed by atoms with Crippen molar-refractivity contribution in [2.45, 2.75) is 19.8 Å². The van der Waals surface area contributed by atoms with Crippen LogP contribution in [0, 0.1) is 11.6 Å². The third-order valence-electron chi connectivity index (χ3n) is 2.98. The van der Waals surface area contributed by atoms with Crippen molar-refractivity contribution in [1.29, 1.82) is 0 Å². The fourth-order valence-corrected chi connectivity index (χ4v) is 1.77. The SMILES string of the molecule is CCNC(=NCC(C)c1ccc(F)c(F)c1)NCCOC.I. The second-order valence-corrected chi connectivity index (χ2v) is 4.71. The van der Waals surface area contributed by atoms with E-state index in [-0.39, 0.29) is 29.9 Å². The van der Waals surface area contributed by atoms with Crippen molar-refractivity contribution in [3.63, 3.8) is 0 Å². The van der Waals surface area contributed by atoms with E-state index in [1.807, 2.05) is 13.8 Å². The molecule has 0 fully saturated rings. The molecule has 4 nitrogen and oxygen atoms in total. The van der Waals surface area contributed by atoms with Gasteiger partial charge in [0, 0.05) is 32.7 Å². The fourth-order valence-electron chi connectivity index (χ4n) is 1.77. The molecule has 0 amide bonds. The zero-order valence-corrected chi connectivity index (χ0v) is 15.5. The average Bonchev–Trinajstić information content (AvgIpc) is 2.47. The van der Waals surface area contributed by atoms with Gasteiger partial charge in [-0.1, -0.05) is 13.0 Å². The summed E-state index contributed by atoms with van der Waals surface area (Å²) < 4.78 is 31.1. The number of rotatable bonds is 7. The van der Waals surface area contributed by atoms with Gasteiger partial charge in [-0.2, -0.15) is 0 Å². The van der Waals surface area contributed by atoms with E-state index in [0.29, 0.717) is 25.7 Å². The van der Waals surface area contributed by atoms with Crippen LogP contribution >= 0.6 is 24.0 Å². The van der Waals surface area contributed by atoms with E-state index < -0.39 is 11.6 Å². The number of benzene rings is 1. The highest BCUT2D eigenvalue weighted by atomic mass is 127. The molecular formula is C15H24F2IN3O. The standard InChI is InChI=1S/C15H23F2N3O.HI/c1-4-18-15(19-7-8-21-3)20-10-11(2)12-5-6-13(16)14(17)9-12;/h5-6,9,11H,4,7-8,10H2,1-3H3,(H2,18,19,20);1H. The largest absolute Gasteiger partial charge is 0.383 e. The van der Waals surface area contributed by atoms with Crippen LogP contribution in [-0.2, 0) is 4.74 Å². The number of hydrogen-bond acceptors (Lipinski definition) is 2. The predicted octanol–water partition coefficient (Wildman–Crippen LogP) is 2.89. The molecule has 0 aromatic heterocycles. The summed E-state index contributed by atoms with van der Waals surface area (Å²) >= 11 is 0. The summed E-state index contributed by atoms with van der Waals surface area (Å²) in [6, 6.07) is 3.96. The van der Waals surface area contributed by atoms with Gasteiger partial charge in [0.05, 0.1) is 6.61 Å². The third kappa shape index (κ3) is 7.35. The van der Waals surface area contributed by atoms with E-state index in [1.165, 1.54) is 6.07 Å². The minimum atomic E-state index is -0.830. The Balaban J connectivity index is 0.00000441. The number of halogens is 3. The van der Waals surface area contributed by atoms with E-state index in [4.69, 9.17) is 4.74 Å². The van der Waals surface area contributed by atoms with E-state index in [2.05, 4.69) is 15.6 Å². The van der Waals surface area contributed by atoms with Gasteiger partial charge in [0.1, 0.15) is 0 Å². The molecule has 0 bridgehead atoms. The summed E-state index contributed by atoms with van der Waals surface area (Å²) in [7, 11) is 1.64. The maximum Gasteiger partial charge on any atom is 0.191 e. The molecule has 0 aliphatic carbocycles. The average molecular weight is 427 g/mol. The minimum absolute atomic E-state index is 0. The summed E-state index contributed by atoms with van der Waals surface area (Å²) in [5, 5.41) is 6.25. The summed E-state index contributed by atoms with van der Waals surface area (Å²) in [6.07, 6.45) is 0.